The molecule has 0 aromatic carbocycles. The normalized spacial score (nSPS) is 18.1. The van der Waals surface area contributed by atoms with Crippen LogP contribution in [0, 0.1) is 0 Å². The van der Waals surface area contributed by atoms with Crippen molar-refractivity contribution < 1.29 is 9.31 Å². The van der Waals surface area contributed by atoms with Gasteiger partial charge in [0, 0.05) is 0 Å². The zero-order valence-corrected chi connectivity index (χ0v) is 8.05. The maximum Gasteiger partial charge on any atom is 0.165 e. The van der Waals surface area contributed by atoms with Gasteiger partial charge in [-0.3, -0.25) is 0 Å². The van der Waals surface area contributed by atoms with E-state index in [1.54, 1.807) is 0 Å². The van der Waals surface area contributed by atoms with Crippen LogP contribution >= 0.6 is 0 Å². The number of nitrogens with zero attached hydrogens (tertiary/aromatic N) is 1. The minimum absolute atomic E-state index is 0.355. The quantitative estimate of drug-likeness (QED) is 0.607. The van der Waals surface area contributed by atoms with Crippen LogP contribution in [0.1, 0.15) is 13.8 Å². The maximum atomic E-state index is 5.46. The van der Waals surface area contributed by atoms with E-state index in [9.17, 15) is 0 Å². The Bertz CT molecular complexity index is 155. The van der Waals surface area contributed by atoms with Crippen LogP contribution in [0.15, 0.2) is 0 Å². The second-order valence-electron chi connectivity index (χ2n) is 3.34. The number of nitrogens with one attached hydrogen (secondary N) is 1. The predicted octanol–water partition coefficient (Wildman–Crippen LogP) is 0.0979. The van der Waals surface area contributed by atoms with Crippen LogP contribution in [-0.4, -0.2) is 49.7 Å². The topological polar surface area (TPSA) is 24.3 Å². The third kappa shape index (κ3) is 3.83. The Hall–Kier alpha value is -0.410. The van der Waals surface area contributed by atoms with E-state index in [2.05, 4.69) is 30.0 Å². The van der Waals surface area contributed by atoms with E-state index in [-0.39, 0.29) is 0 Å². The molecule has 0 aromatic rings. The van der Waals surface area contributed by atoms with E-state index >= 15 is 0 Å². The van der Waals surface area contributed by atoms with Gasteiger partial charge in [0.2, 0.25) is 0 Å². The first-order valence-corrected chi connectivity index (χ1v) is 4.69. The Morgan fingerprint density at radius 3 is 3.00 bits per heavy atom. The van der Waals surface area contributed by atoms with Crippen LogP contribution in [0.5, 0.6) is 0 Å². The van der Waals surface area contributed by atoms with Crippen LogP contribution in [-0.2, 0) is 4.74 Å². The second kappa shape index (κ2) is 5.27. The molecule has 0 saturated carbocycles. The van der Waals surface area contributed by atoms with Crippen molar-refractivity contribution in [3.63, 3.8) is 0 Å². The number of rotatable bonds is 4. The Morgan fingerprint density at radius 2 is 2.42 bits per heavy atom. The molecule has 0 saturated heterocycles. The first-order valence-electron chi connectivity index (χ1n) is 4.69. The van der Waals surface area contributed by atoms with Gasteiger partial charge in [-0.15, -0.1) is 0 Å². The average molecular weight is 171 g/mol. The summed E-state index contributed by atoms with van der Waals surface area (Å²) >= 11 is 0. The Labute approximate surface area is 74.4 Å². The van der Waals surface area contributed by atoms with Gasteiger partial charge in [-0.1, -0.05) is 0 Å². The van der Waals surface area contributed by atoms with Gasteiger partial charge in [-0.25, -0.2) is 4.58 Å². The minimum atomic E-state index is 0.355. The smallest absolute Gasteiger partial charge is 0.165 e. The molecule has 0 fully saturated rings. The van der Waals surface area contributed by atoms with E-state index in [0.717, 1.165) is 32.8 Å². The van der Waals surface area contributed by atoms with Crippen molar-refractivity contribution in [2.24, 2.45) is 0 Å². The maximum absolute atomic E-state index is 5.46. The molecular formula is C9H19N2O+. The molecule has 1 aliphatic rings. The molecule has 0 spiro atoms. The van der Waals surface area contributed by atoms with Gasteiger partial charge in [0.15, 0.2) is 19.3 Å². The van der Waals surface area contributed by atoms with E-state index in [1.807, 2.05) is 0 Å². The third-order valence-electron chi connectivity index (χ3n) is 1.90. The lowest BCUT2D eigenvalue weighted by atomic mass is 10.4. The fraction of sp³-hybridized carbons (Fsp3) is 0.889. The van der Waals surface area contributed by atoms with Crippen molar-refractivity contribution in [1.29, 1.82) is 0 Å². The van der Waals surface area contributed by atoms with Gasteiger partial charge < -0.3 is 10.1 Å². The fourth-order valence-corrected chi connectivity index (χ4v) is 1.22. The minimum Gasteiger partial charge on any atom is -0.372 e. The summed E-state index contributed by atoms with van der Waals surface area (Å²) in [7, 11) is 0. The van der Waals surface area contributed by atoms with Gasteiger partial charge in [-0.05, 0) is 13.8 Å². The highest BCUT2D eigenvalue weighted by molar-refractivity contribution is 5.54. The molecular weight excluding hydrogens is 152 g/mol. The van der Waals surface area contributed by atoms with Gasteiger partial charge in [0.1, 0.15) is 6.61 Å². The summed E-state index contributed by atoms with van der Waals surface area (Å²) in [6, 6.07) is 0. The van der Waals surface area contributed by atoms with Gasteiger partial charge in [0.05, 0.1) is 19.2 Å². The Morgan fingerprint density at radius 1 is 1.58 bits per heavy atom. The molecule has 0 bridgehead atoms. The molecule has 3 nitrogen and oxygen atoms in total. The highest BCUT2D eigenvalue weighted by Crippen LogP contribution is 1.87. The van der Waals surface area contributed by atoms with Crippen LogP contribution in [0.4, 0.5) is 0 Å². The molecule has 0 unspecified atom stereocenters. The van der Waals surface area contributed by atoms with Crippen LogP contribution in [0.3, 0.4) is 0 Å². The molecule has 1 rings (SSSR count). The van der Waals surface area contributed by atoms with Crippen LogP contribution in [0.2, 0.25) is 0 Å². The summed E-state index contributed by atoms with van der Waals surface area (Å²) in [5.41, 5.74) is 0. The van der Waals surface area contributed by atoms with Gasteiger partial charge >= 0.3 is 0 Å². The molecule has 0 atom stereocenters. The van der Waals surface area contributed by atoms with Gasteiger partial charge in [0.25, 0.3) is 0 Å². The molecule has 70 valence electrons. The highest BCUT2D eigenvalue weighted by atomic mass is 16.5. The third-order valence-corrected chi connectivity index (χ3v) is 1.90. The summed E-state index contributed by atoms with van der Waals surface area (Å²) in [4.78, 5) is 0. The SMILES string of the molecule is CC(C)OCC[N+]1=CCNCC1. The standard InChI is InChI=1S/C9H19N2O/c1-9(2)12-8-7-11-5-3-10-4-6-11/h5,9-10H,3-4,6-8H2,1-2H3/q+1. The van der Waals surface area contributed by atoms with Gasteiger partial charge in [-0.2, -0.15) is 0 Å². The lowest BCUT2D eigenvalue weighted by Crippen LogP contribution is -2.37. The second-order valence-corrected chi connectivity index (χ2v) is 3.34. The van der Waals surface area contributed by atoms with E-state index in [1.165, 1.54) is 0 Å². The van der Waals surface area contributed by atoms with Crippen LogP contribution in [0.25, 0.3) is 0 Å². The van der Waals surface area contributed by atoms with Crippen molar-refractivity contribution >= 4 is 6.21 Å². The van der Waals surface area contributed by atoms with E-state index in [0.29, 0.717) is 6.10 Å². The van der Waals surface area contributed by atoms with Crippen molar-refractivity contribution in [1.82, 2.24) is 5.32 Å². The largest absolute Gasteiger partial charge is 0.372 e. The van der Waals surface area contributed by atoms with Crippen molar-refractivity contribution in [3.05, 3.63) is 0 Å². The number of hydrogen-bond acceptors (Lipinski definition) is 2. The monoisotopic (exact) mass is 171 g/mol. The molecule has 0 radical (unpaired) electrons. The van der Waals surface area contributed by atoms with Crippen LogP contribution < -0.4 is 5.32 Å². The first-order chi connectivity index (χ1) is 5.79. The van der Waals surface area contributed by atoms with Crippen molar-refractivity contribution in [2.45, 2.75) is 20.0 Å². The number of ether oxygens (including phenoxy) is 1. The summed E-state index contributed by atoms with van der Waals surface area (Å²) < 4.78 is 7.78. The van der Waals surface area contributed by atoms with E-state index in [4.69, 9.17) is 4.74 Å². The molecule has 3 heteroatoms. The summed E-state index contributed by atoms with van der Waals surface area (Å²) in [6.07, 6.45) is 2.56. The molecule has 1 aliphatic heterocycles. The van der Waals surface area contributed by atoms with E-state index < -0.39 is 0 Å². The molecule has 0 aromatic heterocycles. The fourth-order valence-electron chi connectivity index (χ4n) is 1.22. The summed E-state index contributed by atoms with van der Waals surface area (Å²) in [5.74, 6) is 0. The summed E-state index contributed by atoms with van der Waals surface area (Å²) in [5, 5.41) is 3.28. The lowest BCUT2D eigenvalue weighted by molar-refractivity contribution is -0.528. The Balaban J connectivity index is 2.09. The average Bonchev–Trinajstić information content (AvgIpc) is 2.05. The zero-order valence-electron chi connectivity index (χ0n) is 8.05. The predicted molar refractivity (Wildman–Crippen MR) is 50.0 cm³/mol. The van der Waals surface area contributed by atoms with Crippen molar-refractivity contribution in [2.75, 3.05) is 32.8 Å². The first kappa shape index (κ1) is 9.68. The molecule has 1 N–H and O–H groups in total. The zero-order chi connectivity index (χ0) is 8.81. The highest BCUT2D eigenvalue weighted by Gasteiger charge is 2.07. The Kier molecular flexibility index (Phi) is 4.25. The lowest BCUT2D eigenvalue weighted by Gasteiger charge is -2.10. The molecule has 0 aliphatic carbocycles. The number of hydrogen-bond donors (Lipinski definition) is 1. The molecule has 1 heterocycles. The summed E-state index contributed by atoms with van der Waals surface area (Å²) in [6.45, 7) is 9.22. The molecule has 0 amide bonds. The molecule has 12 heavy (non-hydrogen) atoms. The van der Waals surface area contributed by atoms with Crippen molar-refractivity contribution in [3.8, 4) is 0 Å².